The molecule has 2 rings (SSSR count). The van der Waals surface area contributed by atoms with Crippen LogP contribution in [0.4, 0.5) is 5.69 Å². The minimum atomic E-state index is -2.44. The molecule has 1 aromatic rings. The molecule has 1 aromatic carbocycles. The normalized spacial score (nSPS) is 19.9. The van der Waals surface area contributed by atoms with Crippen molar-refractivity contribution in [2.75, 3.05) is 32.5 Å². The number of aliphatic hydroxyl groups is 1. The van der Waals surface area contributed by atoms with Gasteiger partial charge in [-0.1, -0.05) is 97.4 Å². The van der Waals surface area contributed by atoms with E-state index in [0.29, 0.717) is 11.7 Å². The summed E-state index contributed by atoms with van der Waals surface area (Å²) in [5.74, 6) is 1.55. The summed E-state index contributed by atoms with van der Waals surface area (Å²) in [5.41, 5.74) is 3.06. The number of benzene rings is 1. The number of nitrogens with zero attached hydrogens (tertiary/aromatic N) is 1. The first kappa shape index (κ1) is 41.9. The van der Waals surface area contributed by atoms with Crippen molar-refractivity contribution in [1.82, 2.24) is 0 Å². The van der Waals surface area contributed by atoms with Crippen LogP contribution in [-0.4, -0.2) is 63.9 Å². The Balaban J connectivity index is 2.28. The minimum Gasteiger partial charge on any atom is -0.482 e. The number of carbonyl (C=O) groups excluding carboxylic acids is 1. The average Bonchev–Trinajstić information content (AvgIpc) is 3.02. The monoisotopic (exact) mass is 685 g/mol. The number of fused-ring (bicyclic) bond motifs is 1. The Bertz CT molecular complexity index is 1250. The summed E-state index contributed by atoms with van der Waals surface area (Å²) in [7, 11) is 0.975. The summed E-state index contributed by atoms with van der Waals surface area (Å²) in [6, 6.07) is 5.90. The van der Waals surface area contributed by atoms with Gasteiger partial charge in [0.15, 0.2) is 14.9 Å². The molecule has 0 fully saturated rings. The molecule has 8 atom stereocenters. The Hall–Kier alpha value is -2.23. The molecular formula is C40H67NO6Si. The molecule has 7 nitrogen and oxygen atoms in total. The zero-order chi connectivity index (χ0) is 36.4. The van der Waals surface area contributed by atoms with Gasteiger partial charge in [-0.15, -0.1) is 0 Å². The van der Waals surface area contributed by atoms with Gasteiger partial charge >= 0.3 is 0 Å². The number of hydrogen-bond donors (Lipinski definition) is 2. The molecule has 0 aromatic heterocycles. The highest BCUT2D eigenvalue weighted by Crippen LogP contribution is 2.47. The van der Waals surface area contributed by atoms with E-state index in [1.165, 1.54) is 5.57 Å². The number of hydrogen-bond acceptors (Lipinski definition) is 6. The van der Waals surface area contributed by atoms with E-state index in [0.717, 1.165) is 30.5 Å². The van der Waals surface area contributed by atoms with Crippen molar-refractivity contribution in [1.29, 1.82) is 0 Å². The Morgan fingerprint density at radius 2 is 1.77 bits per heavy atom. The molecule has 272 valence electrons. The van der Waals surface area contributed by atoms with Gasteiger partial charge in [0, 0.05) is 31.9 Å². The molecular weight excluding hydrogens is 619 g/mol. The zero-order valence-electron chi connectivity index (χ0n) is 32.2. The number of methoxy groups -OCH3 is 1. The van der Waals surface area contributed by atoms with Crippen molar-refractivity contribution in [3.8, 4) is 5.75 Å². The number of allylic oxidation sites excluding steroid dienone is 2. The SMILES string of the molecule is CC/C=C\C(C)[C@H](O)[C@@H](C)[C@H](CC(C)(C)[Si](C)(C)O)[C@@H](C)C/C(C)=C\[C@H](C)[C@@H](OCOC)C(C)/C=C\c1ccc2c(c1)N(C)C(=O)CO2. The molecule has 0 radical (unpaired) electrons. The number of amides is 1. The molecule has 1 heterocycles. The van der Waals surface area contributed by atoms with Gasteiger partial charge in [-0.2, -0.15) is 0 Å². The first-order valence-electron chi connectivity index (χ1n) is 17.9. The lowest BCUT2D eigenvalue weighted by molar-refractivity contribution is -0.120. The van der Waals surface area contributed by atoms with E-state index in [-0.39, 0.29) is 60.0 Å². The molecule has 0 saturated heterocycles. The van der Waals surface area contributed by atoms with Crippen LogP contribution >= 0.6 is 0 Å². The minimum absolute atomic E-state index is 0.0613. The second-order valence-electron chi connectivity index (χ2n) is 15.6. The van der Waals surface area contributed by atoms with E-state index in [2.05, 4.69) is 92.7 Å². The Labute approximate surface area is 293 Å². The molecule has 0 saturated carbocycles. The first-order valence-corrected chi connectivity index (χ1v) is 20.9. The Morgan fingerprint density at radius 3 is 2.38 bits per heavy atom. The van der Waals surface area contributed by atoms with Gasteiger partial charge in [-0.25, -0.2) is 0 Å². The van der Waals surface area contributed by atoms with Crippen molar-refractivity contribution >= 4 is 26.0 Å². The van der Waals surface area contributed by atoms with Crippen molar-refractivity contribution in [2.24, 2.45) is 35.5 Å². The third-order valence-corrected chi connectivity index (χ3v) is 14.3. The lowest BCUT2D eigenvalue weighted by atomic mass is 9.71. The number of aliphatic hydroxyl groups excluding tert-OH is 1. The zero-order valence-corrected chi connectivity index (χ0v) is 33.2. The number of carbonyl (C=O) groups is 1. The van der Waals surface area contributed by atoms with Gasteiger partial charge in [-0.3, -0.25) is 4.79 Å². The fraction of sp³-hybridized carbons (Fsp3) is 0.675. The van der Waals surface area contributed by atoms with E-state index in [4.69, 9.17) is 14.2 Å². The second-order valence-corrected chi connectivity index (χ2v) is 20.1. The van der Waals surface area contributed by atoms with Gasteiger partial charge in [0.25, 0.3) is 5.91 Å². The maximum absolute atomic E-state index is 12.1. The fourth-order valence-electron chi connectivity index (χ4n) is 6.91. The van der Waals surface area contributed by atoms with E-state index in [1.807, 2.05) is 31.3 Å². The summed E-state index contributed by atoms with van der Waals surface area (Å²) >= 11 is 0. The lowest BCUT2D eigenvalue weighted by Crippen LogP contribution is -2.43. The van der Waals surface area contributed by atoms with Gasteiger partial charge in [0.1, 0.15) is 12.5 Å². The van der Waals surface area contributed by atoms with Crippen LogP contribution in [-0.2, 0) is 14.3 Å². The number of likely N-dealkylation sites (N-methyl/N-ethyl adjacent to an activating group) is 1. The molecule has 1 aliphatic rings. The predicted molar refractivity (Wildman–Crippen MR) is 203 cm³/mol. The second kappa shape index (κ2) is 18.7. The van der Waals surface area contributed by atoms with Crippen LogP contribution < -0.4 is 9.64 Å². The summed E-state index contributed by atoms with van der Waals surface area (Å²) in [5, 5.41) is 11.3. The fourth-order valence-corrected chi connectivity index (χ4v) is 7.64. The summed E-state index contributed by atoms with van der Waals surface area (Å²) in [4.78, 5) is 25.0. The van der Waals surface area contributed by atoms with Gasteiger partial charge in [0.05, 0.1) is 17.9 Å². The van der Waals surface area contributed by atoms with Gasteiger partial charge in [-0.05, 0) is 79.8 Å². The molecule has 1 aliphatic heterocycles. The van der Waals surface area contributed by atoms with E-state index >= 15 is 0 Å². The lowest BCUT2D eigenvalue weighted by Gasteiger charge is -2.43. The number of anilines is 1. The highest BCUT2D eigenvalue weighted by molar-refractivity contribution is 6.72. The Morgan fingerprint density at radius 1 is 1.10 bits per heavy atom. The molecule has 0 spiro atoms. The van der Waals surface area contributed by atoms with E-state index < -0.39 is 14.4 Å². The molecule has 0 aliphatic carbocycles. The van der Waals surface area contributed by atoms with Crippen molar-refractivity contribution in [3.05, 3.63) is 53.6 Å². The Kier molecular flexibility index (Phi) is 16.3. The summed E-state index contributed by atoms with van der Waals surface area (Å²) in [6.07, 6.45) is 13.0. The number of ether oxygens (including phenoxy) is 3. The summed E-state index contributed by atoms with van der Waals surface area (Å²) in [6.45, 7) is 24.0. The molecule has 48 heavy (non-hydrogen) atoms. The maximum atomic E-state index is 12.1. The van der Waals surface area contributed by atoms with Crippen molar-refractivity contribution in [3.63, 3.8) is 0 Å². The molecule has 1 amide bonds. The molecule has 0 bridgehead atoms. The van der Waals surface area contributed by atoms with Crippen LogP contribution in [0.3, 0.4) is 0 Å². The smallest absolute Gasteiger partial charge is 0.264 e. The predicted octanol–water partition coefficient (Wildman–Crippen LogP) is 8.87. The van der Waals surface area contributed by atoms with Gasteiger partial charge < -0.3 is 29.0 Å². The average molecular weight is 686 g/mol. The van der Waals surface area contributed by atoms with Crippen molar-refractivity contribution < 1.29 is 28.9 Å². The van der Waals surface area contributed by atoms with Crippen LogP contribution in [0.5, 0.6) is 5.75 Å². The van der Waals surface area contributed by atoms with E-state index in [1.54, 1.807) is 19.1 Å². The molecule has 8 heteroatoms. The highest BCUT2D eigenvalue weighted by atomic mass is 28.4. The van der Waals surface area contributed by atoms with E-state index in [9.17, 15) is 14.7 Å². The highest BCUT2D eigenvalue weighted by Gasteiger charge is 2.43. The first-order chi connectivity index (χ1) is 22.3. The summed E-state index contributed by atoms with van der Waals surface area (Å²) < 4.78 is 17.2. The molecule has 2 unspecified atom stereocenters. The number of rotatable bonds is 19. The van der Waals surface area contributed by atoms with Crippen LogP contribution in [0.25, 0.3) is 6.08 Å². The van der Waals surface area contributed by atoms with Crippen LogP contribution in [0.1, 0.15) is 87.1 Å². The quantitative estimate of drug-likeness (QED) is 0.0860. The maximum Gasteiger partial charge on any atom is 0.264 e. The van der Waals surface area contributed by atoms with Crippen LogP contribution in [0, 0.1) is 35.5 Å². The van der Waals surface area contributed by atoms with Crippen LogP contribution in [0.2, 0.25) is 18.1 Å². The third kappa shape index (κ3) is 11.7. The van der Waals surface area contributed by atoms with Crippen molar-refractivity contribution in [2.45, 2.75) is 112 Å². The van der Waals surface area contributed by atoms with Crippen LogP contribution in [0.15, 0.2) is 48.1 Å². The third-order valence-electron chi connectivity index (χ3n) is 10.8. The largest absolute Gasteiger partial charge is 0.482 e. The standard InChI is InChI=1S/C40H67NO6Si/c1-14-15-16-28(3)38(43)32(7)34(24-40(8,9)48(12,13)44)30(5)21-27(2)22-31(6)39(47-26-45-11)29(4)17-18-33-19-20-36-35(23-33)41(10)37(42)25-46-36/h15-20,22-23,28-32,34,38-39,43-44H,14,21,24-26H2,1-13H3/b16-15-,18-17-,27-22-/t28?,29?,30-,31-,32-,34+,38-,39-/m0/s1. The van der Waals surface area contributed by atoms with Gasteiger partial charge in [0.2, 0.25) is 0 Å². The molecule has 2 N–H and O–H groups in total. The topological polar surface area (TPSA) is 88.5 Å².